The zero-order valence-corrected chi connectivity index (χ0v) is 20.6. The summed E-state index contributed by atoms with van der Waals surface area (Å²) in [5.74, 6) is 0.402. The number of hydrogen-bond acceptors (Lipinski definition) is 5. The second-order valence-electron chi connectivity index (χ2n) is 9.80. The molecule has 0 fully saturated rings. The monoisotopic (exact) mass is 465 g/mol. The number of aromatic nitrogens is 2. The molecular formula is C24H33ClFN3O3. The Morgan fingerprint density at radius 2 is 1.91 bits per heavy atom. The van der Waals surface area contributed by atoms with Crippen molar-refractivity contribution in [2.45, 2.75) is 60.5 Å². The van der Waals surface area contributed by atoms with Gasteiger partial charge in [-0.3, -0.25) is 0 Å². The third kappa shape index (κ3) is 7.62. The lowest BCUT2D eigenvalue weighted by molar-refractivity contribution is 0.0471. The van der Waals surface area contributed by atoms with Gasteiger partial charge < -0.3 is 14.8 Å². The van der Waals surface area contributed by atoms with E-state index in [1.165, 1.54) is 12.3 Å². The summed E-state index contributed by atoms with van der Waals surface area (Å²) < 4.78 is 25.7. The molecule has 6 nitrogen and oxygen atoms in total. The number of rotatable bonds is 8. The SMILES string of the molecule is Cc1nc(-c2ccnc(Cl)c2F)ccc1OCC(C)(CNC(=O)OC(C)(C)C)CC(C)C. The molecule has 0 aromatic carbocycles. The van der Waals surface area contributed by atoms with Crippen LogP contribution >= 0.6 is 11.6 Å². The molecule has 1 amide bonds. The van der Waals surface area contributed by atoms with Crippen molar-refractivity contribution in [2.75, 3.05) is 13.2 Å². The first-order chi connectivity index (χ1) is 14.8. The second-order valence-corrected chi connectivity index (χ2v) is 10.2. The number of carbonyl (C=O) groups excluding carboxylic acids is 1. The Kier molecular flexibility index (Phi) is 8.46. The number of aryl methyl sites for hydroxylation is 1. The zero-order chi connectivity index (χ0) is 24.1. The molecule has 0 aliphatic heterocycles. The molecule has 1 unspecified atom stereocenters. The lowest BCUT2D eigenvalue weighted by Gasteiger charge is -2.32. The van der Waals surface area contributed by atoms with Crippen molar-refractivity contribution in [3.05, 3.63) is 41.1 Å². The highest BCUT2D eigenvalue weighted by Gasteiger charge is 2.29. The lowest BCUT2D eigenvalue weighted by atomic mass is 9.82. The van der Waals surface area contributed by atoms with Gasteiger partial charge in [0.1, 0.15) is 11.4 Å². The Labute approximate surface area is 194 Å². The van der Waals surface area contributed by atoms with Crippen LogP contribution in [-0.2, 0) is 4.74 Å². The van der Waals surface area contributed by atoms with Crippen LogP contribution in [0.2, 0.25) is 5.15 Å². The number of amides is 1. The lowest BCUT2D eigenvalue weighted by Crippen LogP contribution is -2.42. The van der Waals surface area contributed by atoms with Gasteiger partial charge in [-0.15, -0.1) is 0 Å². The van der Waals surface area contributed by atoms with E-state index in [2.05, 4.69) is 36.1 Å². The normalized spacial score (nSPS) is 13.6. The molecule has 0 saturated carbocycles. The average Bonchev–Trinajstić information content (AvgIpc) is 2.66. The van der Waals surface area contributed by atoms with E-state index < -0.39 is 17.5 Å². The largest absolute Gasteiger partial charge is 0.491 e. The summed E-state index contributed by atoms with van der Waals surface area (Å²) in [6.45, 7) is 14.4. The minimum Gasteiger partial charge on any atom is -0.491 e. The molecule has 0 spiro atoms. The maximum absolute atomic E-state index is 14.3. The summed E-state index contributed by atoms with van der Waals surface area (Å²) in [7, 11) is 0. The van der Waals surface area contributed by atoms with Gasteiger partial charge in [0, 0.05) is 23.7 Å². The Morgan fingerprint density at radius 1 is 1.22 bits per heavy atom. The summed E-state index contributed by atoms with van der Waals surface area (Å²) in [4.78, 5) is 20.3. The number of nitrogens with zero attached hydrogens (tertiary/aromatic N) is 2. The minimum absolute atomic E-state index is 0.191. The van der Waals surface area contributed by atoms with Gasteiger partial charge in [-0.1, -0.05) is 32.4 Å². The van der Waals surface area contributed by atoms with E-state index in [-0.39, 0.29) is 16.1 Å². The fourth-order valence-electron chi connectivity index (χ4n) is 3.49. The Bertz CT molecular complexity index is 947. The first-order valence-electron chi connectivity index (χ1n) is 10.7. The van der Waals surface area contributed by atoms with Crippen LogP contribution in [0.1, 0.15) is 53.7 Å². The number of pyridine rings is 2. The van der Waals surface area contributed by atoms with Crippen LogP contribution in [0.4, 0.5) is 9.18 Å². The fourth-order valence-corrected chi connectivity index (χ4v) is 3.64. The van der Waals surface area contributed by atoms with Gasteiger partial charge in [-0.25, -0.2) is 19.2 Å². The van der Waals surface area contributed by atoms with Crippen LogP contribution in [0.25, 0.3) is 11.3 Å². The third-order valence-electron chi connectivity index (χ3n) is 4.70. The van der Waals surface area contributed by atoms with E-state index >= 15 is 0 Å². The molecule has 0 aliphatic carbocycles. The highest BCUT2D eigenvalue weighted by Crippen LogP contribution is 2.30. The standard InChI is InChI=1S/C24H33ClFN3O3/c1-15(2)12-24(7,13-28-22(30)32-23(4,5)6)14-31-19-9-8-18(29-16(19)3)17-10-11-27-21(25)20(17)26/h8-11,15H,12-14H2,1-7H3,(H,28,30). The molecule has 176 valence electrons. The maximum Gasteiger partial charge on any atom is 0.407 e. The number of ether oxygens (including phenoxy) is 2. The van der Waals surface area contributed by atoms with Gasteiger partial charge in [0.15, 0.2) is 11.0 Å². The number of halogens is 2. The van der Waals surface area contributed by atoms with Gasteiger partial charge in [0.05, 0.1) is 18.0 Å². The minimum atomic E-state index is -0.604. The zero-order valence-electron chi connectivity index (χ0n) is 19.9. The summed E-state index contributed by atoms with van der Waals surface area (Å²) >= 11 is 5.79. The number of hydrogen-bond donors (Lipinski definition) is 1. The van der Waals surface area contributed by atoms with Gasteiger partial charge in [0.2, 0.25) is 0 Å². The van der Waals surface area contributed by atoms with Crippen LogP contribution in [0.3, 0.4) is 0 Å². The van der Waals surface area contributed by atoms with Crippen molar-refractivity contribution in [1.82, 2.24) is 15.3 Å². The smallest absolute Gasteiger partial charge is 0.407 e. The van der Waals surface area contributed by atoms with E-state index in [9.17, 15) is 9.18 Å². The maximum atomic E-state index is 14.3. The first kappa shape index (κ1) is 25.8. The average molecular weight is 466 g/mol. The van der Waals surface area contributed by atoms with Gasteiger partial charge in [-0.2, -0.15) is 0 Å². The van der Waals surface area contributed by atoms with Crippen molar-refractivity contribution in [1.29, 1.82) is 0 Å². The van der Waals surface area contributed by atoms with Crippen molar-refractivity contribution in [3.63, 3.8) is 0 Å². The van der Waals surface area contributed by atoms with Crippen LogP contribution in [0.5, 0.6) is 5.75 Å². The van der Waals surface area contributed by atoms with E-state index in [1.54, 1.807) is 19.1 Å². The Balaban J connectivity index is 2.11. The summed E-state index contributed by atoms with van der Waals surface area (Å²) in [6.07, 6.45) is 1.83. The van der Waals surface area contributed by atoms with Crippen LogP contribution in [0.15, 0.2) is 24.4 Å². The third-order valence-corrected chi connectivity index (χ3v) is 4.96. The highest BCUT2D eigenvalue weighted by molar-refractivity contribution is 6.29. The number of nitrogens with one attached hydrogen (secondary N) is 1. The quantitative estimate of drug-likeness (QED) is 0.470. The van der Waals surface area contributed by atoms with E-state index in [0.717, 1.165) is 6.42 Å². The Morgan fingerprint density at radius 3 is 2.50 bits per heavy atom. The van der Waals surface area contributed by atoms with E-state index in [4.69, 9.17) is 21.1 Å². The predicted octanol–water partition coefficient (Wildman–Crippen LogP) is 6.20. The fraction of sp³-hybridized carbons (Fsp3) is 0.542. The van der Waals surface area contributed by atoms with Crippen LogP contribution in [0, 0.1) is 24.1 Å². The second kappa shape index (κ2) is 10.5. The first-order valence-corrected chi connectivity index (χ1v) is 11.0. The molecule has 2 rings (SSSR count). The number of carbonyl (C=O) groups is 1. The molecule has 32 heavy (non-hydrogen) atoms. The molecule has 2 heterocycles. The van der Waals surface area contributed by atoms with Crippen molar-refractivity contribution in [2.24, 2.45) is 11.3 Å². The van der Waals surface area contributed by atoms with Crippen molar-refractivity contribution in [3.8, 4) is 17.0 Å². The molecular weight excluding hydrogens is 433 g/mol. The van der Waals surface area contributed by atoms with Crippen molar-refractivity contribution < 1.29 is 18.7 Å². The molecule has 0 aliphatic rings. The molecule has 1 atom stereocenters. The van der Waals surface area contributed by atoms with E-state index in [0.29, 0.717) is 36.2 Å². The van der Waals surface area contributed by atoms with Gasteiger partial charge >= 0.3 is 6.09 Å². The van der Waals surface area contributed by atoms with Crippen LogP contribution in [-0.4, -0.2) is 34.8 Å². The van der Waals surface area contributed by atoms with Crippen LogP contribution < -0.4 is 10.1 Å². The Hall–Kier alpha value is -2.41. The molecule has 8 heteroatoms. The molecule has 0 radical (unpaired) electrons. The molecule has 0 bridgehead atoms. The predicted molar refractivity (Wildman–Crippen MR) is 124 cm³/mol. The van der Waals surface area contributed by atoms with E-state index in [1.807, 2.05) is 20.8 Å². The summed E-state index contributed by atoms with van der Waals surface area (Å²) in [5, 5.41) is 2.67. The summed E-state index contributed by atoms with van der Waals surface area (Å²) in [6, 6.07) is 4.99. The number of alkyl carbamates (subject to hydrolysis) is 1. The molecule has 2 aromatic heterocycles. The van der Waals surface area contributed by atoms with Crippen molar-refractivity contribution >= 4 is 17.7 Å². The summed E-state index contributed by atoms with van der Waals surface area (Å²) in [5.41, 5.74) is 0.486. The van der Waals surface area contributed by atoms with Gasteiger partial charge in [-0.05, 0) is 58.2 Å². The molecule has 0 saturated heterocycles. The van der Waals surface area contributed by atoms with Gasteiger partial charge in [0.25, 0.3) is 0 Å². The molecule has 2 aromatic rings. The molecule has 1 N–H and O–H groups in total. The highest BCUT2D eigenvalue weighted by atomic mass is 35.5. The topological polar surface area (TPSA) is 73.3 Å².